The lowest BCUT2D eigenvalue weighted by Gasteiger charge is -2.34. The normalized spacial score (nSPS) is 14.6. The molecule has 1 aliphatic rings. The van der Waals surface area contributed by atoms with Gasteiger partial charge in [0.25, 0.3) is 5.91 Å². The molecule has 2 heterocycles. The molecule has 0 atom stereocenters. The molecule has 8 nitrogen and oxygen atoms in total. The van der Waals surface area contributed by atoms with Gasteiger partial charge < -0.3 is 19.3 Å². The predicted molar refractivity (Wildman–Crippen MR) is 125 cm³/mol. The Morgan fingerprint density at radius 3 is 2.31 bits per heavy atom. The van der Waals surface area contributed by atoms with Crippen molar-refractivity contribution < 1.29 is 22.7 Å². The average Bonchev–Trinajstić information content (AvgIpc) is 3.22. The number of amides is 1. The van der Waals surface area contributed by atoms with Crippen molar-refractivity contribution >= 4 is 42.4 Å². The number of benzene rings is 2. The van der Waals surface area contributed by atoms with E-state index in [9.17, 15) is 13.2 Å². The van der Waals surface area contributed by atoms with E-state index in [1.807, 2.05) is 19.1 Å². The average molecular weight is 476 g/mol. The molecule has 1 aromatic heterocycles. The Labute approximate surface area is 191 Å². The number of thiazole rings is 1. The van der Waals surface area contributed by atoms with Crippen LogP contribution in [0.5, 0.6) is 11.5 Å². The van der Waals surface area contributed by atoms with Gasteiger partial charge >= 0.3 is 0 Å². The van der Waals surface area contributed by atoms with Gasteiger partial charge in [0, 0.05) is 32.4 Å². The van der Waals surface area contributed by atoms with Crippen LogP contribution in [0, 0.1) is 0 Å². The number of ether oxygens (including phenoxy) is 2. The number of sulfone groups is 1. The Kier molecular flexibility index (Phi) is 6.52. The molecule has 1 amide bonds. The second-order valence-electron chi connectivity index (χ2n) is 7.46. The number of rotatable bonds is 7. The third-order valence-electron chi connectivity index (χ3n) is 5.18. The van der Waals surface area contributed by atoms with Gasteiger partial charge in [-0.1, -0.05) is 11.3 Å². The van der Waals surface area contributed by atoms with Crippen LogP contribution in [-0.4, -0.2) is 69.9 Å². The summed E-state index contributed by atoms with van der Waals surface area (Å²) in [4.78, 5) is 21.4. The number of carbonyl (C=O) groups is 1. The molecular formula is C22H25N3O5S2. The number of hydrogen-bond acceptors (Lipinski definition) is 8. The van der Waals surface area contributed by atoms with Crippen LogP contribution in [0.2, 0.25) is 0 Å². The molecule has 2 aromatic carbocycles. The first-order valence-corrected chi connectivity index (χ1v) is 13.0. The molecule has 0 saturated carbocycles. The van der Waals surface area contributed by atoms with E-state index >= 15 is 0 Å². The summed E-state index contributed by atoms with van der Waals surface area (Å²) < 4.78 is 35.4. The smallest absolute Gasteiger partial charge is 0.260 e. The standard InChI is InChI=1S/C22H25N3O5S2/c1-3-29-16-4-6-17(7-5-16)30-15-21(26)24-10-12-25(13-11-24)22-23-19-9-8-18(32(2,27)28)14-20(19)31-22/h4-9,14H,3,10-13,15H2,1-2H3. The van der Waals surface area contributed by atoms with Crippen LogP contribution in [0.25, 0.3) is 10.2 Å². The van der Waals surface area contributed by atoms with E-state index in [1.54, 1.807) is 35.2 Å². The van der Waals surface area contributed by atoms with Crippen LogP contribution in [0.15, 0.2) is 47.4 Å². The van der Waals surface area contributed by atoms with Crippen LogP contribution in [0.3, 0.4) is 0 Å². The molecule has 1 fully saturated rings. The van der Waals surface area contributed by atoms with Crippen molar-refractivity contribution in [3.63, 3.8) is 0 Å². The van der Waals surface area contributed by atoms with Crippen molar-refractivity contribution in [3.8, 4) is 11.5 Å². The van der Waals surface area contributed by atoms with E-state index in [0.717, 1.165) is 21.1 Å². The summed E-state index contributed by atoms with van der Waals surface area (Å²) in [7, 11) is -3.25. The molecule has 170 valence electrons. The van der Waals surface area contributed by atoms with Gasteiger partial charge in [-0.25, -0.2) is 13.4 Å². The summed E-state index contributed by atoms with van der Waals surface area (Å²) >= 11 is 1.47. The number of anilines is 1. The first kappa shape index (κ1) is 22.3. The maximum absolute atomic E-state index is 12.5. The third kappa shape index (κ3) is 5.13. The molecule has 0 N–H and O–H groups in total. The van der Waals surface area contributed by atoms with Crippen molar-refractivity contribution in [2.75, 3.05) is 50.5 Å². The molecule has 1 saturated heterocycles. The zero-order valence-electron chi connectivity index (χ0n) is 18.0. The van der Waals surface area contributed by atoms with Gasteiger partial charge in [-0.3, -0.25) is 4.79 Å². The van der Waals surface area contributed by atoms with Crippen molar-refractivity contribution in [2.24, 2.45) is 0 Å². The fourth-order valence-electron chi connectivity index (χ4n) is 3.44. The van der Waals surface area contributed by atoms with Crippen molar-refractivity contribution in [2.45, 2.75) is 11.8 Å². The van der Waals surface area contributed by atoms with Gasteiger partial charge in [0.15, 0.2) is 21.6 Å². The first-order valence-electron chi connectivity index (χ1n) is 10.3. The summed E-state index contributed by atoms with van der Waals surface area (Å²) in [6, 6.07) is 12.2. The van der Waals surface area contributed by atoms with Crippen LogP contribution in [0.4, 0.5) is 5.13 Å². The minimum Gasteiger partial charge on any atom is -0.494 e. The summed E-state index contributed by atoms with van der Waals surface area (Å²) in [6.45, 7) is 4.99. The summed E-state index contributed by atoms with van der Waals surface area (Å²) in [5.74, 6) is 1.34. The highest BCUT2D eigenvalue weighted by Crippen LogP contribution is 2.31. The largest absolute Gasteiger partial charge is 0.494 e. The lowest BCUT2D eigenvalue weighted by molar-refractivity contribution is -0.133. The SMILES string of the molecule is CCOc1ccc(OCC(=O)N2CCN(c3nc4ccc(S(C)(=O)=O)cc4s3)CC2)cc1. The molecule has 32 heavy (non-hydrogen) atoms. The Morgan fingerprint density at radius 2 is 1.69 bits per heavy atom. The van der Waals surface area contributed by atoms with Crippen molar-refractivity contribution in [1.82, 2.24) is 9.88 Å². The third-order valence-corrected chi connectivity index (χ3v) is 7.37. The van der Waals surface area contributed by atoms with Crippen molar-refractivity contribution in [1.29, 1.82) is 0 Å². The van der Waals surface area contributed by atoms with Gasteiger partial charge in [-0.2, -0.15) is 0 Å². The van der Waals surface area contributed by atoms with Crippen LogP contribution in [-0.2, 0) is 14.6 Å². The number of aromatic nitrogens is 1. The van der Waals surface area contributed by atoms with Gasteiger partial charge in [0.1, 0.15) is 11.5 Å². The topological polar surface area (TPSA) is 89.0 Å². The lowest BCUT2D eigenvalue weighted by Crippen LogP contribution is -2.50. The maximum atomic E-state index is 12.5. The van der Waals surface area contributed by atoms with Gasteiger partial charge in [-0.15, -0.1) is 0 Å². The second kappa shape index (κ2) is 9.33. The number of hydrogen-bond donors (Lipinski definition) is 0. The Balaban J connectivity index is 1.32. The first-order chi connectivity index (χ1) is 15.3. The molecule has 0 aliphatic carbocycles. The summed E-state index contributed by atoms with van der Waals surface area (Å²) in [5.41, 5.74) is 0.777. The van der Waals surface area contributed by atoms with E-state index in [0.29, 0.717) is 43.4 Å². The van der Waals surface area contributed by atoms with Crippen LogP contribution >= 0.6 is 11.3 Å². The zero-order valence-corrected chi connectivity index (χ0v) is 19.6. The van der Waals surface area contributed by atoms with E-state index in [1.165, 1.54) is 17.6 Å². The van der Waals surface area contributed by atoms with E-state index < -0.39 is 9.84 Å². The molecular weight excluding hydrogens is 450 g/mol. The number of carbonyl (C=O) groups excluding carboxylic acids is 1. The van der Waals surface area contributed by atoms with E-state index in [2.05, 4.69) is 9.88 Å². The summed E-state index contributed by atoms with van der Waals surface area (Å²) in [5, 5.41) is 0.836. The van der Waals surface area contributed by atoms with E-state index in [4.69, 9.17) is 9.47 Å². The molecule has 0 unspecified atom stereocenters. The molecule has 10 heteroatoms. The molecule has 0 spiro atoms. The Hall–Kier alpha value is -2.85. The van der Waals surface area contributed by atoms with Crippen molar-refractivity contribution in [3.05, 3.63) is 42.5 Å². The number of nitrogens with zero attached hydrogens (tertiary/aromatic N) is 3. The monoisotopic (exact) mass is 475 g/mol. The van der Waals surface area contributed by atoms with Gasteiger partial charge in [0.05, 0.1) is 21.7 Å². The fourth-order valence-corrected chi connectivity index (χ4v) is 5.22. The molecule has 0 bridgehead atoms. The highest BCUT2D eigenvalue weighted by Gasteiger charge is 2.23. The maximum Gasteiger partial charge on any atom is 0.260 e. The number of piperazine rings is 1. The molecule has 3 aromatic rings. The quantitative estimate of drug-likeness (QED) is 0.519. The highest BCUT2D eigenvalue weighted by atomic mass is 32.2. The second-order valence-corrected chi connectivity index (χ2v) is 10.5. The fraction of sp³-hybridized carbons (Fsp3) is 0.364. The Morgan fingerprint density at radius 1 is 1.03 bits per heavy atom. The summed E-state index contributed by atoms with van der Waals surface area (Å²) in [6.07, 6.45) is 1.20. The molecule has 4 rings (SSSR count). The van der Waals surface area contributed by atoms with Crippen LogP contribution in [0.1, 0.15) is 6.92 Å². The van der Waals surface area contributed by atoms with Gasteiger partial charge in [0.2, 0.25) is 0 Å². The lowest BCUT2D eigenvalue weighted by atomic mass is 10.3. The minimum absolute atomic E-state index is 0.0105. The minimum atomic E-state index is -3.25. The Bertz CT molecular complexity index is 1200. The molecule has 1 aliphatic heterocycles. The zero-order chi connectivity index (χ0) is 22.7. The van der Waals surface area contributed by atoms with Gasteiger partial charge in [-0.05, 0) is 49.4 Å². The molecule has 0 radical (unpaired) electrons. The number of fused-ring (bicyclic) bond motifs is 1. The van der Waals surface area contributed by atoms with E-state index in [-0.39, 0.29) is 12.5 Å². The predicted octanol–water partition coefficient (Wildman–Crippen LogP) is 2.83. The highest BCUT2D eigenvalue weighted by molar-refractivity contribution is 7.90. The van der Waals surface area contributed by atoms with Crippen LogP contribution < -0.4 is 14.4 Å².